The van der Waals surface area contributed by atoms with Gasteiger partial charge in [0.05, 0.1) is 28.9 Å². The van der Waals surface area contributed by atoms with Crippen LogP contribution < -0.4 is 5.32 Å². The van der Waals surface area contributed by atoms with Crippen LogP contribution in [0.3, 0.4) is 0 Å². The van der Waals surface area contributed by atoms with Crippen molar-refractivity contribution >= 4 is 40.6 Å². The van der Waals surface area contributed by atoms with E-state index in [4.69, 9.17) is 5.10 Å². The Morgan fingerprint density at radius 3 is 2.48 bits per heavy atom. The van der Waals surface area contributed by atoms with Crippen LogP contribution in [-0.2, 0) is 11.3 Å². The predicted molar refractivity (Wildman–Crippen MR) is 171 cm³/mol. The molecule has 2 aromatic heterocycles. The van der Waals surface area contributed by atoms with E-state index in [9.17, 15) is 14.0 Å². The van der Waals surface area contributed by atoms with Crippen LogP contribution in [0.1, 0.15) is 50.2 Å². The Hall–Kier alpha value is -4.61. The molecule has 3 heterocycles. The maximum atomic E-state index is 13.7. The number of nitrogens with zero attached hydrogens (tertiary/aromatic N) is 5. The molecule has 0 saturated heterocycles. The summed E-state index contributed by atoms with van der Waals surface area (Å²) in [5, 5.41) is 20.5. The van der Waals surface area contributed by atoms with Crippen molar-refractivity contribution in [2.24, 2.45) is 5.10 Å². The van der Waals surface area contributed by atoms with Crippen molar-refractivity contribution in [3.63, 3.8) is 0 Å². The molecule has 0 bridgehead atoms. The van der Waals surface area contributed by atoms with Crippen LogP contribution in [0.25, 0.3) is 5.69 Å². The molecule has 0 aliphatic carbocycles. The lowest BCUT2D eigenvalue weighted by Crippen LogP contribution is -2.28. The minimum absolute atomic E-state index is 0.0541. The lowest BCUT2D eigenvalue weighted by molar-refractivity contribution is -0.130. The quantitative estimate of drug-likeness (QED) is 0.190. The number of nitrogens with one attached hydrogen (secondary N) is 1. The Bertz CT molecular complexity index is 1840. The summed E-state index contributed by atoms with van der Waals surface area (Å²) in [6.45, 7) is 4.08. The van der Waals surface area contributed by atoms with Gasteiger partial charge in [0.1, 0.15) is 5.82 Å². The van der Waals surface area contributed by atoms with E-state index in [1.165, 1.54) is 28.9 Å². The molecule has 6 rings (SSSR count). The van der Waals surface area contributed by atoms with Gasteiger partial charge in [-0.15, -0.1) is 21.5 Å². The van der Waals surface area contributed by atoms with E-state index in [1.54, 1.807) is 29.5 Å². The van der Waals surface area contributed by atoms with Crippen LogP contribution in [0.2, 0.25) is 0 Å². The normalized spacial score (nSPS) is 14.5. The van der Waals surface area contributed by atoms with Gasteiger partial charge in [-0.05, 0) is 72.8 Å². The second kappa shape index (κ2) is 12.9. The van der Waals surface area contributed by atoms with Crippen LogP contribution >= 0.6 is 23.1 Å². The number of halogens is 1. The summed E-state index contributed by atoms with van der Waals surface area (Å²) in [5.41, 5.74) is 5.07. The molecule has 1 unspecified atom stereocenters. The first kappa shape index (κ1) is 29.5. The Balaban J connectivity index is 1.24. The van der Waals surface area contributed by atoms with E-state index in [-0.39, 0.29) is 36.0 Å². The average molecular weight is 625 g/mol. The monoisotopic (exact) mass is 624 g/mol. The molecule has 11 heteroatoms. The summed E-state index contributed by atoms with van der Waals surface area (Å²) in [6, 6.07) is 25.1. The molecule has 0 fully saturated rings. The highest BCUT2D eigenvalue weighted by Gasteiger charge is 2.33. The molecule has 44 heavy (non-hydrogen) atoms. The molecule has 2 amide bonds. The Kier molecular flexibility index (Phi) is 8.67. The molecule has 1 aliphatic rings. The zero-order valence-electron chi connectivity index (χ0n) is 24.1. The number of aromatic nitrogens is 3. The molecule has 1 aliphatic heterocycles. The third-order valence-corrected chi connectivity index (χ3v) is 9.03. The summed E-state index contributed by atoms with van der Waals surface area (Å²) in [4.78, 5) is 27.6. The highest BCUT2D eigenvalue weighted by Crippen LogP contribution is 2.35. The topological polar surface area (TPSA) is 92.5 Å². The number of aryl methyl sites for hydroxylation is 2. The SMILES string of the molecule is Cc1cccc(C(=O)NCc2nnc(SCC(=O)N3N=C(c4cccs4)CC3c3ccc(F)cc3)n2-c2cccc(C)c2)c1. The Morgan fingerprint density at radius 1 is 0.977 bits per heavy atom. The fourth-order valence-electron chi connectivity index (χ4n) is 5.05. The smallest absolute Gasteiger partial charge is 0.253 e. The van der Waals surface area contributed by atoms with Crippen molar-refractivity contribution < 1.29 is 14.0 Å². The lowest BCUT2D eigenvalue weighted by atomic mass is 10.0. The van der Waals surface area contributed by atoms with E-state index in [0.29, 0.717) is 23.0 Å². The molecule has 0 radical (unpaired) electrons. The molecule has 0 spiro atoms. The van der Waals surface area contributed by atoms with E-state index in [2.05, 4.69) is 15.5 Å². The molecule has 1 atom stereocenters. The summed E-state index contributed by atoms with van der Waals surface area (Å²) in [5.74, 6) is -0.157. The van der Waals surface area contributed by atoms with Crippen molar-refractivity contribution in [2.45, 2.75) is 38.0 Å². The Morgan fingerprint density at radius 2 is 1.75 bits per heavy atom. The average Bonchev–Trinajstić information content (AvgIpc) is 3.79. The number of carbonyl (C=O) groups is 2. The van der Waals surface area contributed by atoms with Gasteiger partial charge in [0.25, 0.3) is 11.8 Å². The van der Waals surface area contributed by atoms with Crippen molar-refractivity contribution in [2.75, 3.05) is 5.75 Å². The number of amides is 2. The van der Waals surface area contributed by atoms with E-state index < -0.39 is 0 Å². The summed E-state index contributed by atoms with van der Waals surface area (Å²) in [7, 11) is 0. The number of hydrazone groups is 1. The van der Waals surface area contributed by atoms with Gasteiger partial charge in [0.2, 0.25) is 0 Å². The molecule has 5 aromatic rings. The molecule has 8 nitrogen and oxygen atoms in total. The highest BCUT2D eigenvalue weighted by atomic mass is 32.2. The highest BCUT2D eigenvalue weighted by molar-refractivity contribution is 7.99. The van der Waals surface area contributed by atoms with Gasteiger partial charge in [-0.25, -0.2) is 9.40 Å². The van der Waals surface area contributed by atoms with Crippen LogP contribution in [0, 0.1) is 19.7 Å². The Labute approximate surface area is 262 Å². The van der Waals surface area contributed by atoms with E-state index >= 15 is 0 Å². The first-order valence-corrected chi connectivity index (χ1v) is 15.9. The van der Waals surface area contributed by atoms with Gasteiger partial charge in [0, 0.05) is 17.7 Å². The van der Waals surface area contributed by atoms with Gasteiger partial charge in [0.15, 0.2) is 11.0 Å². The first-order valence-electron chi connectivity index (χ1n) is 14.0. The van der Waals surface area contributed by atoms with Gasteiger partial charge in [-0.2, -0.15) is 5.10 Å². The van der Waals surface area contributed by atoms with Crippen molar-refractivity contribution in [3.8, 4) is 5.69 Å². The number of rotatable bonds is 9. The van der Waals surface area contributed by atoms with Gasteiger partial charge in [-0.1, -0.05) is 59.8 Å². The largest absolute Gasteiger partial charge is 0.345 e. The summed E-state index contributed by atoms with van der Waals surface area (Å²) < 4.78 is 15.6. The van der Waals surface area contributed by atoms with Crippen LogP contribution in [0.4, 0.5) is 4.39 Å². The third kappa shape index (κ3) is 6.48. The maximum Gasteiger partial charge on any atom is 0.253 e. The number of hydrogen-bond acceptors (Lipinski definition) is 7. The third-order valence-electron chi connectivity index (χ3n) is 7.20. The summed E-state index contributed by atoms with van der Waals surface area (Å²) in [6.07, 6.45) is 0.535. The van der Waals surface area contributed by atoms with Crippen molar-refractivity contribution in [1.29, 1.82) is 0 Å². The van der Waals surface area contributed by atoms with Crippen molar-refractivity contribution in [3.05, 3.63) is 129 Å². The number of hydrogen-bond donors (Lipinski definition) is 1. The number of carbonyl (C=O) groups excluding carboxylic acids is 2. The van der Waals surface area contributed by atoms with Crippen LogP contribution in [0.15, 0.2) is 101 Å². The lowest BCUT2D eigenvalue weighted by Gasteiger charge is -2.22. The molecular weight excluding hydrogens is 596 g/mol. The second-order valence-corrected chi connectivity index (χ2v) is 12.3. The minimum Gasteiger partial charge on any atom is -0.345 e. The van der Waals surface area contributed by atoms with Gasteiger partial charge >= 0.3 is 0 Å². The molecule has 3 aromatic carbocycles. The minimum atomic E-state index is -0.345. The van der Waals surface area contributed by atoms with Crippen LogP contribution in [0.5, 0.6) is 0 Å². The van der Waals surface area contributed by atoms with Gasteiger partial charge < -0.3 is 5.32 Å². The summed E-state index contributed by atoms with van der Waals surface area (Å²) >= 11 is 2.82. The molecule has 1 N–H and O–H groups in total. The van der Waals surface area contributed by atoms with E-state index in [1.807, 2.05) is 78.4 Å². The molecule has 0 saturated carbocycles. The number of thiophene rings is 1. The van der Waals surface area contributed by atoms with Crippen molar-refractivity contribution in [1.82, 2.24) is 25.1 Å². The van der Waals surface area contributed by atoms with E-state index in [0.717, 1.165) is 33.0 Å². The maximum absolute atomic E-state index is 13.7. The zero-order valence-corrected chi connectivity index (χ0v) is 25.7. The molecular formula is C33H29FN6O2S2. The standard InChI is InChI=1S/C33H29FN6O2S2/c1-21-6-3-8-24(16-21)32(42)35-19-30-36-37-33(39(30)26-9-4-7-22(2)17-26)44-20-31(41)40-28(23-11-13-25(34)14-12-23)18-27(38-40)29-10-5-15-43-29/h3-17,28H,18-20H2,1-2H3,(H,35,42). The fraction of sp³-hybridized carbons (Fsp3) is 0.182. The number of thioether (sulfide) groups is 1. The van der Waals surface area contributed by atoms with Gasteiger partial charge in [-0.3, -0.25) is 14.2 Å². The number of benzene rings is 3. The second-order valence-electron chi connectivity index (χ2n) is 10.4. The zero-order chi connectivity index (χ0) is 30.6. The van der Waals surface area contributed by atoms with Crippen LogP contribution in [-0.4, -0.2) is 43.1 Å². The fourth-order valence-corrected chi connectivity index (χ4v) is 6.60. The predicted octanol–water partition coefficient (Wildman–Crippen LogP) is 6.48. The first-order chi connectivity index (χ1) is 21.4. The molecule has 222 valence electrons.